The van der Waals surface area contributed by atoms with Gasteiger partial charge in [-0.1, -0.05) is 72.8 Å². The van der Waals surface area contributed by atoms with E-state index in [-0.39, 0.29) is 30.2 Å². The summed E-state index contributed by atoms with van der Waals surface area (Å²) in [6, 6.07) is 80.1. The van der Waals surface area contributed by atoms with Crippen molar-refractivity contribution in [3.8, 4) is 135 Å². The molecule has 2 aliphatic rings. The highest BCUT2D eigenvalue weighted by Crippen LogP contribution is 2.42. The Morgan fingerprint density at radius 2 is 0.860 bits per heavy atom. The van der Waals surface area contributed by atoms with Gasteiger partial charge in [-0.2, -0.15) is 15.5 Å². The zero-order valence-electron chi connectivity index (χ0n) is 74.7. The molecule has 0 aliphatic carbocycles. The van der Waals surface area contributed by atoms with Crippen molar-refractivity contribution in [2.45, 2.75) is 20.3 Å². The maximum absolute atomic E-state index is 13.8. The molecule has 14 heterocycles. The van der Waals surface area contributed by atoms with E-state index in [0.29, 0.717) is 46.4 Å². The maximum Gasteiger partial charge on any atom is 0.255 e. The van der Waals surface area contributed by atoms with Gasteiger partial charge in [0.1, 0.15) is 17.4 Å². The Bertz CT molecular complexity index is 7780. The third-order valence-electron chi connectivity index (χ3n) is 23.1. The minimum atomic E-state index is -0.244. The highest BCUT2D eigenvalue weighted by atomic mass is 32.1. The van der Waals surface area contributed by atoms with Crippen molar-refractivity contribution in [2.75, 3.05) is 80.5 Å². The van der Waals surface area contributed by atoms with Crippen LogP contribution in [0.3, 0.4) is 0 Å². The van der Waals surface area contributed by atoms with Crippen molar-refractivity contribution < 1.29 is 37.3 Å². The average molecular weight is 1860 g/mol. The van der Waals surface area contributed by atoms with Crippen molar-refractivity contribution in [3.63, 3.8) is 0 Å². The number of carbonyl (C=O) groups excluding carboxylic acids is 2. The van der Waals surface area contributed by atoms with Gasteiger partial charge in [-0.15, -0.1) is 34.0 Å². The van der Waals surface area contributed by atoms with Crippen molar-refractivity contribution >= 4 is 87.5 Å². The van der Waals surface area contributed by atoms with Gasteiger partial charge in [-0.25, -0.2) is 32.8 Å². The number of rotatable bonds is 20. The second kappa shape index (κ2) is 42.3. The lowest BCUT2D eigenvalue weighted by Crippen LogP contribution is -2.38. The molecule has 0 bridgehead atoms. The van der Waals surface area contributed by atoms with Crippen molar-refractivity contribution in [1.82, 2.24) is 79.5 Å². The predicted molar refractivity (Wildman–Crippen MR) is 534 cm³/mol. The van der Waals surface area contributed by atoms with Gasteiger partial charge in [-0.3, -0.25) is 39.4 Å². The van der Waals surface area contributed by atoms with E-state index in [1.165, 1.54) is 21.5 Å². The molecule has 22 rings (SSSR count). The Balaban J connectivity index is 0.000000114. The van der Waals surface area contributed by atoms with Gasteiger partial charge < -0.3 is 34.5 Å². The van der Waals surface area contributed by atoms with Gasteiger partial charge in [0.2, 0.25) is 6.79 Å². The topological polar surface area (TPSA) is 263 Å². The summed E-state index contributed by atoms with van der Waals surface area (Å²) in [7, 11) is 5.60. The van der Waals surface area contributed by atoms with E-state index >= 15 is 0 Å². The van der Waals surface area contributed by atoms with Gasteiger partial charge >= 0.3 is 0 Å². The summed E-state index contributed by atoms with van der Waals surface area (Å²) in [5.41, 5.74) is 32.1. The number of carbonyl (C=O) groups is 2. The van der Waals surface area contributed by atoms with Crippen LogP contribution in [0.15, 0.2) is 315 Å². The van der Waals surface area contributed by atoms with E-state index in [1.807, 2.05) is 188 Å². The zero-order valence-corrected chi connectivity index (χ0v) is 77.2. The van der Waals surface area contributed by atoms with Crippen LogP contribution in [0.2, 0.25) is 0 Å². The van der Waals surface area contributed by atoms with Crippen LogP contribution in [-0.4, -0.2) is 161 Å². The lowest BCUT2D eigenvalue weighted by Gasteiger charge is -2.26. The van der Waals surface area contributed by atoms with E-state index in [1.54, 1.807) is 125 Å². The van der Waals surface area contributed by atoms with Crippen LogP contribution >= 0.6 is 34.0 Å². The first kappa shape index (κ1) is 90.7. The zero-order chi connectivity index (χ0) is 93.4. The number of benzene rings is 8. The first-order valence-electron chi connectivity index (χ1n) is 43.9. The minimum Gasteiger partial charge on any atom is -0.497 e. The van der Waals surface area contributed by atoms with Gasteiger partial charge in [0.05, 0.1) is 142 Å². The number of amides is 2. The van der Waals surface area contributed by atoms with Crippen LogP contribution < -0.4 is 24.8 Å². The summed E-state index contributed by atoms with van der Waals surface area (Å²) in [5, 5.41) is 23.7. The third kappa shape index (κ3) is 21.0. The summed E-state index contributed by atoms with van der Waals surface area (Å²) in [5.74, 6) is 1.59. The fraction of sp³-hybridized carbons (Fsp3) is 0.139. The number of nitriles is 1. The van der Waals surface area contributed by atoms with E-state index in [2.05, 4.69) is 144 Å². The molecule has 28 heteroatoms. The normalized spacial score (nSPS) is 12.1. The number of likely N-dealkylation sites (N-methyl/N-ethyl adjacent to an activating group) is 1. The highest BCUT2D eigenvalue weighted by Gasteiger charge is 2.23. The van der Waals surface area contributed by atoms with Gasteiger partial charge in [-0.05, 0) is 250 Å². The first-order valence-corrected chi connectivity index (χ1v) is 46.6. The summed E-state index contributed by atoms with van der Waals surface area (Å²) in [6.07, 6.45) is 16.6. The molecule has 2 aliphatic heterocycles. The molecule has 2 N–H and O–H groups in total. The van der Waals surface area contributed by atoms with Gasteiger partial charge in [0, 0.05) is 132 Å². The molecule has 0 atom stereocenters. The monoisotopic (exact) mass is 1850 g/mol. The number of thiazole rings is 3. The Labute approximate surface area is 794 Å². The van der Waals surface area contributed by atoms with Crippen LogP contribution in [0.25, 0.3) is 154 Å². The molecular weight excluding hydrogens is 1770 g/mol. The third-order valence-corrected chi connectivity index (χ3v) is 25.5. The van der Waals surface area contributed by atoms with Crippen LogP contribution in [-0.2, 0) is 4.74 Å². The first-order chi connectivity index (χ1) is 66.6. The largest absolute Gasteiger partial charge is 0.497 e. The Morgan fingerprint density at radius 1 is 0.449 bits per heavy atom. The number of nitrogens with one attached hydrogen (secondary N) is 2. The molecule has 674 valence electrons. The van der Waals surface area contributed by atoms with Crippen molar-refractivity contribution in [3.05, 3.63) is 354 Å². The molecule has 136 heavy (non-hydrogen) atoms. The average Bonchev–Trinajstić information content (AvgIpc) is 1.56. The van der Waals surface area contributed by atoms with E-state index in [4.69, 9.17) is 24.2 Å². The molecule has 0 unspecified atom stereocenters. The van der Waals surface area contributed by atoms with Crippen LogP contribution in [0.5, 0.6) is 17.2 Å². The molecular formula is C108H89F2N17O6S3. The maximum atomic E-state index is 13.8. The minimum absolute atomic E-state index is 0.139. The molecule has 20 aromatic rings. The molecule has 2 amide bonds. The number of morpholine rings is 1. The molecule has 0 spiro atoms. The predicted octanol–water partition coefficient (Wildman–Crippen LogP) is 22.5. The summed E-state index contributed by atoms with van der Waals surface area (Å²) >= 11 is 4.93. The number of hydrogen-bond donors (Lipinski definition) is 2. The molecule has 0 saturated carbocycles. The number of methoxy groups -OCH3 is 1. The van der Waals surface area contributed by atoms with Crippen LogP contribution in [0.4, 0.5) is 8.78 Å². The molecule has 23 nitrogen and oxygen atoms in total. The fourth-order valence-corrected chi connectivity index (χ4v) is 18.3. The second-order valence-corrected chi connectivity index (χ2v) is 34.9. The number of pyridine rings is 7. The Kier molecular flexibility index (Phi) is 28.2. The van der Waals surface area contributed by atoms with Crippen LogP contribution in [0.1, 0.15) is 43.8 Å². The van der Waals surface area contributed by atoms with Crippen molar-refractivity contribution in [2.24, 2.45) is 0 Å². The summed E-state index contributed by atoms with van der Waals surface area (Å²) in [4.78, 5) is 65.9. The highest BCUT2D eigenvalue weighted by molar-refractivity contribution is 7.17. The molecule has 12 aromatic heterocycles. The SMILES string of the molecule is COc1cccc(-c2ncccc2-c2ccc3ncsc3c2)c1.Cc1cc(-c2ncccc2-c2ccn3ncc(C(=O)NCCCN4CCOCC4)c3c2)ccc1F.Cc1cc(-c2ncccc2-c2ccn3ncc(C(=O)NCCN(C)C)c3c2)ccc1F.N#Cc1cccc(-c2ncccc2-c2ccc3ncsc3c2)c1.c1cnc(-c2ccc3c(c2)OCO3)c(-c2ccc3ncsc3c2)c1. The number of fused-ring (bicyclic) bond motifs is 6. The number of aromatic nitrogens is 12. The smallest absolute Gasteiger partial charge is 0.255 e. The number of ether oxygens (including phenoxy) is 4. The fourth-order valence-electron chi connectivity index (χ4n) is 16.1. The summed E-state index contributed by atoms with van der Waals surface area (Å²) < 4.78 is 56.1. The molecule has 1 saturated heterocycles. The Hall–Kier alpha value is -15.9. The van der Waals surface area contributed by atoms with Gasteiger partial charge in [0.15, 0.2) is 11.5 Å². The van der Waals surface area contributed by atoms with Gasteiger partial charge in [0.25, 0.3) is 11.8 Å². The number of aryl methyl sites for hydroxylation is 2. The number of halogens is 2. The molecule has 0 radical (unpaired) electrons. The Morgan fingerprint density at radius 3 is 1.31 bits per heavy atom. The second-order valence-electron chi connectivity index (χ2n) is 32.3. The van der Waals surface area contributed by atoms with E-state index < -0.39 is 0 Å². The summed E-state index contributed by atoms with van der Waals surface area (Å²) in [6.45, 7) is 10.0. The standard InChI is InChI=1S/C27H28FN5O2.C24H24FN5O.C19H11N3S.C19H12N2O2S.C19H14N2OS/c1-19-16-21(5-6-24(19)28)26-22(4-2-8-29-26)20-7-11-33-25(17-20)23(18-31-33)27(34)30-9-3-10-32-12-14-35-15-13-32;1-16-13-18(6-7-21(16)25)23-19(5-4-9-26-23)17-8-11-30-22(14-17)20(15-28-30)24(31)27-10-12-29(2)3;20-11-13-3-1-4-15(9-13)19-16(5-2-8-21-19)14-6-7-17-18(10-14)23-12-22-17;1-2-14(12-3-5-15-18(9-12)24-10-21-15)19(20-7-1)13-4-6-16-17(8-13)23-11-22-16;1-22-15-5-2-4-14(10-15)19-16(6-3-9-20-19)13-7-8-17-18(11-13)23-12-21-17/h2,4-8,11,16-18H,3,9-10,12-15H2,1H3,(H,30,34);4-9,11,13-15H,10,12H2,1-3H3,(H,27,31);1-10,12H;1-10H,11H2;2-12H,1H3. The van der Waals surface area contributed by atoms with Crippen molar-refractivity contribution in [1.29, 1.82) is 5.26 Å². The quantitative estimate of drug-likeness (QED) is 0.0672. The van der Waals surface area contributed by atoms with Crippen LogP contribution in [0, 0.1) is 36.8 Å². The lowest BCUT2D eigenvalue weighted by atomic mass is 9.98. The van der Waals surface area contributed by atoms with E-state index in [9.17, 15) is 18.4 Å². The number of hydrogen-bond acceptors (Lipinski definition) is 22. The molecule has 8 aromatic carbocycles. The lowest BCUT2D eigenvalue weighted by molar-refractivity contribution is 0.0374. The van der Waals surface area contributed by atoms with E-state index in [0.717, 1.165) is 202 Å². The molecule has 1 fully saturated rings. The number of nitrogens with zero attached hydrogens (tertiary/aromatic N) is 15.